The summed E-state index contributed by atoms with van der Waals surface area (Å²) < 4.78 is 10.8. The summed E-state index contributed by atoms with van der Waals surface area (Å²) in [5.41, 5.74) is 5.02. The van der Waals surface area contributed by atoms with Crippen LogP contribution in [0.15, 0.2) is 24.3 Å². The van der Waals surface area contributed by atoms with Gasteiger partial charge in [-0.1, -0.05) is 19.1 Å². The molecule has 214 valence electrons. The first-order valence-electron chi connectivity index (χ1n) is 13.9. The lowest BCUT2D eigenvalue weighted by atomic mass is 9.47. The smallest absolute Gasteiger partial charge is 0.322 e. The van der Waals surface area contributed by atoms with Gasteiger partial charge in [-0.2, -0.15) is 0 Å². The fourth-order valence-electron chi connectivity index (χ4n) is 8.16. The zero-order valence-electron chi connectivity index (χ0n) is 23.6. The summed E-state index contributed by atoms with van der Waals surface area (Å²) in [6.07, 6.45) is 4.44. The Labute approximate surface area is 230 Å². The highest BCUT2D eigenvalue weighted by Gasteiger charge is 2.78. The molecule has 3 heterocycles. The van der Waals surface area contributed by atoms with Crippen LogP contribution in [0.4, 0.5) is 5.69 Å². The van der Waals surface area contributed by atoms with E-state index in [1.165, 1.54) is 0 Å². The first kappa shape index (κ1) is 27.9. The van der Waals surface area contributed by atoms with E-state index in [9.17, 15) is 19.8 Å². The van der Waals surface area contributed by atoms with Gasteiger partial charge in [-0.3, -0.25) is 14.5 Å². The number of carbonyl (C=O) groups excluding carboxylic acids is 2. The molecule has 0 radical (unpaired) electrons. The van der Waals surface area contributed by atoms with Crippen molar-refractivity contribution in [2.24, 2.45) is 11.1 Å². The normalized spacial score (nSPS) is 35.2. The number of amides is 1. The number of likely N-dealkylation sites (N-methyl/N-ethyl adjacent to an activating group) is 1. The first-order chi connectivity index (χ1) is 18.5. The average Bonchev–Trinajstić information content (AvgIpc) is 3.42. The molecule has 5 rings (SSSR count). The van der Waals surface area contributed by atoms with Gasteiger partial charge in [0, 0.05) is 48.8 Å². The van der Waals surface area contributed by atoms with E-state index in [1.54, 1.807) is 14.0 Å². The number of aliphatic hydroxyl groups excluding tert-OH is 1. The number of nitrogens with zero attached hydrogens (tertiary/aromatic N) is 2. The first-order valence-corrected chi connectivity index (χ1v) is 13.9. The van der Waals surface area contributed by atoms with Gasteiger partial charge in [0.15, 0.2) is 5.60 Å². The summed E-state index contributed by atoms with van der Waals surface area (Å²) in [4.78, 5) is 30.1. The molecule has 0 bridgehead atoms. The van der Waals surface area contributed by atoms with E-state index in [1.807, 2.05) is 37.9 Å². The number of nitrogens with two attached hydrogens (primary N) is 1. The molecule has 2 fully saturated rings. The number of ether oxygens (including phenoxy) is 2. The van der Waals surface area contributed by atoms with Gasteiger partial charge in [0.05, 0.1) is 19.8 Å². The maximum absolute atomic E-state index is 14.0. The van der Waals surface area contributed by atoms with E-state index < -0.39 is 46.5 Å². The van der Waals surface area contributed by atoms with Gasteiger partial charge in [0.2, 0.25) is 0 Å². The number of benzene rings is 1. The van der Waals surface area contributed by atoms with E-state index in [4.69, 9.17) is 15.2 Å². The number of rotatable bonds is 8. The van der Waals surface area contributed by atoms with Crippen molar-refractivity contribution in [3.63, 3.8) is 0 Å². The van der Waals surface area contributed by atoms with E-state index >= 15 is 0 Å². The van der Waals surface area contributed by atoms with Crippen LogP contribution >= 0.6 is 0 Å². The Bertz CT molecular complexity index is 1190. The van der Waals surface area contributed by atoms with Gasteiger partial charge < -0.3 is 35.6 Å². The van der Waals surface area contributed by atoms with Crippen molar-refractivity contribution < 1.29 is 29.3 Å². The molecule has 1 saturated carbocycles. The van der Waals surface area contributed by atoms with Crippen molar-refractivity contribution >= 4 is 17.6 Å². The van der Waals surface area contributed by atoms with Crippen LogP contribution in [0, 0.1) is 12.3 Å². The highest BCUT2D eigenvalue weighted by molar-refractivity contribution is 5.90. The summed E-state index contributed by atoms with van der Waals surface area (Å²) in [5, 5.41) is 27.6. The summed E-state index contributed by atoms with van der Waals surface area (Å²) >= 11 is 0. The van der Waals surface area contributed by atoms with Gasteiger partial charge in [-0.25, -0.2) is 0 Å². The zero-order valence-corrected chi connectivity index (χ0v) is 23.6. The van der Waals surface area contributed by atoms with Gasteiger partial charge in [-0.15, -0.1) is 0 Å². The standard InChI is InChI=1S/C29H42N4O6/c1-6-27-9-7-12-33-13-10-28(23(27)33)19-15-17(2)21(38-5)16-20(19)32(4)24(28)29(37,25(27)35)26(36)31-11-8-14-39-22(34)18(3)30/h7,9,15-16,18,23-25,35,37H,6,8,10-14,30H2,1-5H3,(H,31,36)/t18-,23?,24?,25+,27+,28?,29-/m0/s1. The molecule has 3 aliphatic heterocycles. The topological polar surface area (TPSA) is 138 Å². The third kappa shape index (κ3) is 3.68. The maximum atomic E-state index is 14.0. The van der Waals surface area contributed by atoms with Crippen LogP contribution < -0.4 is 20.7 Å². The van der Waals surface area contributed by atoms with Crippen LogP contribution in [0.5, 0.6) is 5.75 Å². The number of aryl methyl sites for hydroxylation is 1. The Morgan fingerprint density at radius 2 is 2.05 bits per heavy atom. The lowest BCUT2D eigenvalue weighted by Gasteiger charge is -2.63. The monoisotopic (exact) mass is 542 g/mol. The minimum atomic E-state index is -2.11. The van der Waals surface area contributed by atoms with E-state index in [-0.39, 0.29) is 19.2 Å². The predicted octanol–water partition coefficient (Wildman–Crippen LogP) is 0.603. The molecule has 0 aromatic heterocycles. The molecule has 10 nitrogen and oxygen atoms in total. The molecule has 4 aliphatic rings. The van der Waals surface area contributed by atoms with Gasteiger partial charge in [0.25, 0.3) is 5.91 Å². The van der Waals surface area contributed by atoms with Crippen LogP contribution in [-0.4, -0.2) is 97.2 Å². The molecule has 1 aliphatic carbocycles. The number of methoxy groups -OCH3 is 1. The number of fused-ring (bicyclic) bond motifs is 1. The molecule has 3 unspecified atom stereocenters. The van der Waals surface area contributed by atoms with Crippen LogP contribution in [0.1, 0.15) is 44.2 Å². The van der Waals surface area contributed by atoms with Crippen molar-refractivity contribution in [1.29, 1.82) is 0 Å². The molecule has 1 saturated heterocycles. The zero-order chi connectivity index (χ0) is 28.3. The van der Waals surface area contributed by atoms with E-state index in [2.05, 4.69) is 22.4 Å². The predicted molar refractivity (Wildman–Crippen MR) is 147 cm³/mol. The molecule has 39 heavy (non-hydrogen) atoms. The molecular formula is C29H42N4O6. The summed E-state index contributed by atoms with van der Waals surface area (Å²) in [7, 11) is 3.53. The van der Waals surface area contributed by atoms with Crippen LogP contribution in [0.3, 0.4) is 0 Å². The number of carbonyl (C=O) groups is 2. The van der Waals surface area contributed by atoms with E-state index in [0.717, 1.165) is 42.1 Å². The Hall–Kier alpha value is -2.66. The third-order valence-corrected chi connectivity index (χ3v) is 9.75. The molecule has 1 spiro atoms. The SMILES string of the molecule is CC[C@]12C=CCN3CCC4(c5cc(C)c(OC)cc5N(C)C4[C@@](O)(C(=O)NCCCOC(=O)[C@H](C)N)[C@@H]1O)C32. The molecule has 7 atom stereocenters. The molecule has 1 aromatic rings. The number of hydrogen-bond donors (Lipinski definition) is 4. The van der Waals surface area contributed by atoms with Crippen molar-refractivity contribution in [1.82, 2.24) is 10.2 Å². The summed E-state index contributed by atoms with van der Waals surface area (Å²) in [5.74, 6) is -0.387. The molecule has 5 N–H and O–H groups in total. The van der Waals surface area contributed by atoms with Gasteiger partial charge in [0.1, 0.15) is 17.9 Å². The molecule has 1 amide bonds. The Balaban J connectivity index is 1.56. The van der Waals surface area contributed by atoms with Crippen LogP contribution in [0.25, 0.3) is 0 Å². The number of aliphatic hydroxyl groups is 2. The second-order valence-corrected chi connectivity index (χ2v) is 11.7. The number of hydrogen-bond acceptors (Lipinski definition) is 9. The highest BCUT2D eigenvalue weighted by Crippen LogP contribution is 2.66. The molecule has 1 aromatic carbocycles. The Kier molecular flexibility index (Phi) is 6.98. The number of anilines is 1. The molecule has 10 heteroatoms. The second-order valence-electron chi connectivity index (χ2n) is 11.7. The summed E-state index contributed by atoms with van der Waals surface area (Å²) in [6, 6.07) is 2.64. The average molecular weight is 543 g/mol. The fourth-order valence-corrected chi connectivity index (χ4v) is 8.16. The quantitative estimate of drug-likeness (QED) is 0.211. The van der Waals surface area contributed by atoms with Crippen molar-refractivity contribution in [2.75, 3.05) is 45.3 Å². The largest absolute Gasteiger partial charge is 0.496 e. The van der Waals surface area contributed by atoms with Crippen LogP contribution in [0.2, 0.25) is 0 Å². The third-order valence-electron chi connectivity index (χ3n) is 9.75. The molecular weight excluding hydrogens is 500 g/mol. The minimum absolute atomic E-state index is 0.0813. The van der Waals surface area contributed by atoms with Gasteiger partial charge >= 0.3 is 5.97 Å². The van der Waals surface area contributed by atoms with Crippen molar-refractivity contribution in [3.8, 4) is 5.75 Å². The highest BCUT2D eigenvalue weighted by atomic mass is 16.5. The Morgan fingerprint density at radius 3 is 2.72 bits per heavy atom. The van der Waals surface area contributed by atoms with Crippen molar-refractivity contribution in [3.05, 3.63) is 35.4 Å². The van der Waals surface area contributed by atoms with E-state index in [0.29, 0.717) is 12.8 Å². The van der Waals surface area contributed by atoms with Crippen LogP contribution in [-0.2, 0) is 19.7 Å². The lowest BCUT2D eigenvalue weighted by Crippen LogP contribution is -2.81. The number of nitrogens with one attached hydrogen (secondary N) is 1. The fraction of sp³-hybridized carbons (Fsp3) is 0.655. The maximum Gasteiger partial charge on any atom is 0.322 e. The second kappa shape index (κ2) is 9.76. The minimum Gasteiger partial charge on any atom is -0.496 e. The van der Waals surface area contributed by atoms with Crippen molar-refractivity contribution in [2.45, 2.75) is 75.3 Å². The van der Waals surface area contributed by atoms with Gasteiger partial charge in [-0.05, 0) is 56.8 Å². The Morgan fingerprint density at radius 1 is 1.31 bits per heavy atom. The summed E-state index contributed by atoms with van der Waals surface area (Å²) in [6.45, 7) is 7.43. The number of esters is 1. The lowest BCUT2D eigenvalue weighted by molar-refractivity contribution is -0.203.